The summed E-state index contributed by atoms with van der Waals surface area (Å²) in [7, 11) is 0. The largest absolute Gasteiger partial charge is 0.508 e. The van der Waals surface area contributed by atoms with Crippen molar-refractivity contribution in [2.75, 3.05) is 24.7 Å². The topological polar surface area (TPSA) is 258 Å². The van der Waals surface area contributed by atoms with Gasteiger partial charge in [0.15, 0.2) is 0 Å². The molecule has 6 amide bonds. The number of carbonyl (C=O) groups excluding carboxylic acids is 7. The van der Waals surface area contributed by atoms with E-state index in [1.54, 1.807) is 0 Å². The lowest BCUT2D eigenvalue weighted by Crippen LogP contribution is -2.60. The van der Waals surface area contributed by atoms with Gasteiger partial charge in [-0.2, -0.15) is 25.3 Å². The highest BCUT2D eigenvalue weighted by molar-refractivity contribution is 7.80. The fraction of sp³-hybridized carbons (Fsp3) is 0.594. The molecule has 280 valence electrons. The van der Waals surface area contributed by atoms with Gasteiger partial charge in [0.2, 0.25) is 35.4 Å². The first-order chi connectivity index (χ1) is 23.7. The van der Waals surface area contributed by atoms with Crippen LogP contribution in [-0.4, -0.2) is 113 Å². The first kappa shape index (κ1) is 44.2. The molecular weight excluding hydrogens is 691 g/mol. The first-order valence-corrected chi connectivity index (χ1v) is 17.5. The van der Waals surface area contributed by atoms with Gasteiger partial charge in [0.05, 0.1) is 12.6 Å². The SMILES string of the molecule is CC(=O)N[C@@H](CCCCN)C(=O)N[C@@H](CS)C(=O)N[C@@H](CS)C(=O)N[C@@H](Cc1ccc(O)cc1)C(=O)N[C@@H](CO)C(=O)N[C@H](C=O)CC(C)C. The Morgan fingerprint density at radius 1 is 0.740 bits per heavy atom. The summed E-state index contributed by atoms with van der Waals surface area (Å²) in [6.45, 7) is 4.56. The molecule has 0 aromatic heterocycles. The van der Waals surface area contributed by atoms with E-state index in [4.69, 9.17) is 5.73 Å². The number of amides is 6. The normalized spacial score (nSPS) is 14.6. The molecule has 6 atom stereocenters. The van der Waals surface area contributed by atoms with E-state index in [9.17, 15) is 43.8 Å². The molecule has 0 saturated heterocycles. The summed E-state index contributed by atoms with van der Waals surface area (Å²) < 4.78 is 0. The minimum absolute atomic E-state index is 0.0374. The minimum Gasteiger partial charge on any atom is -0.508 e. The zero-order valence-electron chi connectivity index (χ0n) is 28.5. The number of aliphatic hydroxyl groups is 1. The van der Waals surface area contributed by atoms with Gasteiger partial charge in [-0.3, -0.25) is 28.8 Å². The molecule has 18 heteroatoms. The number of unbranched alkanes of at least 4 members (excludes halogenated alkanes) is 1. The maximum Gasteiger partial charge on any atom is 0.245 e. The van der Waals surface area contributed by atoms with E-state index >= 15 is 0 Å². The summed E-state index contributed by atoms with van der Waals surface area (Å²) in [5, 5.41) is 34.5. The van der Waals surface area contributed by atoms with Crippen LogP contribution >= 0.6 is 25.3 Å². The second-order valence-corrected chi connectivity index (χ2v) is 12.8. The Kier molecular flexibility index (Phi) is 20.8. The number of nitrogens with one attached hydrogen (secondary N) is 6. The number of rotatable bonds is 23. The Morgan fingerprint density at radius 2 is 1.22 bits per heavy atom. The van der Waals surface area contributed by atoms with E-state index in [2.05, 4.69) is 57.2 Å². The van der Waals surface area contributed by atoms with Crippen LogP contribution in [0, 0.1) is 5.92 Å². The quantitative estimate of drug-likeness (QED) is 0.0337. The summed E-state index contributed by atoms with van der Waals surface area (Å²) in [6, 6.07) is -1.33. The highest BCUT2D eigenvalue weighted by Gasteiger charge is 2.32. The van der Waals surface area contributed by atoms with E-state index in [0.29, 0.717) is 37.7 Å². The summed E-state index contributed by atoms with van der Waals surface area (Å²) in [6.07, 6.45) is 2.22. The fourth-order valence-electron chi connectivity index (χ4n) is 4.70. The number of aliphatic hydroxyl groups excluding tert-OH is 1. The Hall–Kier alpha value is -3.87. The molecule has 0 aliphatic rings. The number of aromatic hydroxyl groups is 1. The first-order valence-electron chi connectivity index (χ1n) is 16.2. The van der Waals surface area contributed by atoms with Crippen molar-refractivity contribution in [3.63, 3.8) is 0 Å². The third-order valence-corrected chi connectivity index (χ3v) is 8.04. The molecule has 0 saturated carbocycles. The van der Waals surface area contributed by atoms with Crippen LogP contribution < -0.4 is 37.6 Å². The van der Waals surface area contributed by atoms with Crippen LogP contribution in [0.4, 0.5) is 0 Å². The zero-order chi connectivity index (χ0) is 37.8. The molecule has 1 aromatic rings. The highest BCUT2D eigenvalue weighted by Crippen LogP contribution is 2.12. The van der Waals surface area contributed by atoms with Gasteiger partial charge in [0, 0.05) is 24.9 Å². The molecule has 0 spiro atoms. The van der Waals surface area contributed by atoms with E-state index in [1.807, 2.05) is 13.8 Å². The molecule has 50 heavy (non-hydrogen) atoms. The number of phenolic OH excluding ortho intramolecular Hbond substituents is 1. The van der Waals surface area contributed by atoms with Crippen molar-refractivity contribution in [1.82, 2.24) is 31.9 Å². The molecule has 0 bridgehead atoms. The Bertz CT molecular complexity index is 1290. The highest BCUT2D eigenvalue weighted by atomic mass is 32.1. The molecule has 0 heterocycles. The second-order valence-electron chi connectivity index (χ2n) is 12.1. The molecule has 0 aliphatic carbocycles. The predicted octanol–water partition coefficient (Wildman–Crippen LogP) is -1.91. The maximum absolute atomic E-state index is 13.5. The van der Waals surface area contributed by atoms with Gasteiger partial charge in [-0.1, -0.05) is 26.0 Å². The van der Waals surface area contributed by atoms with Crippen LogP contribution in [0.15, 0.2) is 24.3 Å². The lowest BCUT2D eigenvalue weighted by atomic mass is 10.0. The van der Waals surface area contributed by atoms with Crippen molar-refractivity contribution in [3.05, 3.63) is 29.8 Å². The van der Waals surface area contributed by atoms with Gasteiger partial charge in [0.25, 0.3) is 0 Å². The molecule has 16 nitrogen and oxygen atoms in total. The van der Waals surface area contributed by atoms with Crippen molar-refractivity contribution in [3.8, 4) is 5.75 Å². The van der Waals surface area contributed by atoms with Crippen molar-refractivity contribution in [2.24, 2.45) is 11.7 Å². The van der Waals surface area contributed by atoms with Gasteiger partial charge >= 0.3 is 0 Å². The standard InChI is InChI=1S/C32H51N7O9S2/c1-18(2)12-21(14-40)35-30(46)25(15-41)37-29(45)24(13-20-7-9-22(43)10-8-20)36-31(47)26(16-49)39-32(48)27(17-50)38-28(44)23(34-19(3)42)6-4-5-11-33/h7-10,14,18,21,23-27,41,43,49-50H,4-6,11-13,15-17,33H2,1-3H3,(H,34,42)(H,35,46)(H,36,47)(H,37,45)(H,38,44)(H,39,48)/t21-,23-,24-,25-,26-,27-/m0/s1. The number of phenols is 1. The van der Waals surface area contributed by atoms with Gasteiger partial charge in [0.1, 0.15) is 42.2 Å². The van der Waals surface area contributed by atoms with Crippen LogP contribution in [-0.2, 0) is 40.0 Å². The van der Waals surface area contributed by atoms with Gasteiger partial charge in [-0.15, -0.1) is 0 Å². The fourth-order valence-corrected chi connectivity index (χ4v) is 5.21. The number of carbonyl (C=O) groups is 7. The predicted molar refractivity (Wildman–Crippen MR) is 192 cm³/mol. The minimum atomic E-state index is -1.46. The van der Waals surface area contributed by atoms with Crippen molar-refractivity contribution in [2.45, 2.75) is 89.1 Å². The lowest BCUT2D eigenvalue weighted by molar-refractivity contribution is -0.135. The van der Waals surface area contributed by atoms with Crippen LogP contribution in [0.5, 0.6) is 5.75 Å². The van der Waals surface area contributed by atoms with E-state index in [-0.39, 0.29) is 36.0 Å². The number of hydrogen-bond acceptors (Lipinski definition) is 12. The summed E-state index contributed by atoms with van der Waals surface area (Å²) >= 11 is 8.34. The Morgan fingerprint density at radius 3 is 1.68 bits per heavy atom. The molecular formula is C32H51N7O9S2. The molecule has 0 radical (unpaired) electrons. The summed E-state index contributed by atoms with van der Waals surface area (Å²) in [4.78, 5) is 89.0. The van der Waals surface area contributed by atoms with Gasteiger partial charge in [-0.05, 0) is 55.8 Å². The molecule has 1 rings (SSSR count). The van der Waals surface area contributed by atoms with Gasteiger partial charge in [-0.25, -0.2) is 0 Å². The Balaban J connectivity index is 3.13. The van der Waals surface area contributed by atoms with Crippen LogP contribution in [0.3, 0.4) is 0 Å². The van der Waals surface area contributed by atoms with Crippen molar-refractivity contribution >= 4 is 67.0 Å². The Labute approximate surface area is 303 Å². The third-order valence-electron chi connectivity index (χ3n) is 7.31. The second kappa shape index (κ2) is 23.5. The molecule has 10 N–H and O–H groups in total. The maximum atomic E-state index is 13.5. The van der Waals surface area contributed by atoms with E-state index in [1.165, 1.54) is 31.2 Å². The smallest absolute Gasteiger partial charge is 0.245 e. The average Bonchev–Trinajstić information content (AvgIpc) is 3.07. The molecule has 0 aliphatic heterocycles. The zero-order valence-corrected chi connectivity index (χ0v) is 30.3. The number of nitrogens with two attached hydrogens (primary N) is 1. The van der Waals surface area contributed by atoms with Crippen LogP contribution in [0.2, 0.25) is 0 Å². The van der Waals surface area contributed by atoms with Crippen molar-refractivity contribution in [1.29, 1.82) is 0 Å². The number of benzene rings is 1. The lowest BCUT2D eigenvalue weighted by Gasteiger charge is -2.26. The van der Waals surface area contributed by atoms with E-state index < -0.39 is 78.3 Å². The average molecular weight is 742 g/mol. The van der Waals surface area contributed by atoms with E-state index in [0.717, 1.165) is 0 Å². The number of hydrogen-bond donors (Lipinski definition) is 11. The number of aldehydes is 1. The number of thiol groups is 2. The summed E-state index contributed by atoms with van der Waals surface area (Å²) in [5.41, 5.74) is 6.03. The van der Waals surface area contributed by atoms with Crippen LogP contribution in [0.25, 0.3) is 0 Å². The third kappa shape index (κ3) is 16.2. The molecule has 0 unspecified atom stereocenters. The molecule has 0 fully saturated rings. The van der Waals surface area contributed by atoms with Crippen LogP contribution in [0.1, 0.15) is 52.0 Å². The monoisotopic (exact) mass is 741 g/mol. The summed E-state index contributed by atoms with van der Waals surface area (Å²) in [5.74, 6) is -4.72. The van der Waals surface area contributed by atoms with Gasteiger partial charge < -0.3 is 52.6 Å². The molecule has 1 aromatic carbocycles. The van der Waals surface area contributed by atoms with Crippen molar-refractivity contribution < 1.29 is 43.8 Å².